The van der Waals surface area contributed by atoms with E-state index in [9.17, 15) is 0 Å². The fraction of sp³-hybridized carbons (Fsp3) is 0.786. The van der Waals surface area contributed by atoms with Crippen LogP contribution in [0.2, 0.25) is 5.28 Å². The summed E-state index contributed by atoms with van der Waals surface area (Å²) in [5.74, 6) is 2.13. The predicted octanol–water partition coefficient (Wildman–Crippen LogP) is 3.12. The van der Waals surface area contributed by atoms with E-state index in [1.165, 1.54) is 38.5 Å². The van der Waals surface area contributed by atoms with E-state index in [1.54, 1.807) is 0 Å². The third-order valence-corrected chi connectivity index (χ3v) is 4.60. The summed E-state index contributed by atoms with van der Waals surface area (Å²) >= 11 is 6.04. The molecule has 0 bridgehead atoms. The van der Waals surface area contributed by atoms with Gasteiger partial charge in [-0.05, 0) is 50.1 Å². The molecule has 2 aliphatic rings. The van der Waals surface area contributed by atoms with E-state index in [2.05, 4.69) is 25.2 Å². The van der Waals surface area contributed by atoms with Crippen LogP contribution in [0.5, 0.6) is 0 Å². The second-order valence-corrected chi connectivity index (χ2v) is 6.04. The van der Waals surface area contributed by atoms with Crippen LogP contribution >= 0.6 is 11.6 Å². The van der Waals surface area contributed by atoms with Crippen molar-refractivity contribution in [1.82, 2.24) is 15.0 Å². The van der Waals surface area contributed by atoms with Gasteiger partial charge in [-0.1, -0.05) is 12.8 Å². The largest absolute Gasteiger partial charge is 0.354 e. The standard InChI is InChI=1S/C14H22ClN5/c1-2-16-13-17-12(15)18-14(19-13)20-9-5-8-11(20)10-6-3-4-7-10/h10-11H,2-9H2,1H3,(H,16,17,18,19). The van der Waals surface area contributed by atoms with Gasteiger partial charge >= 0.3 is 0 Å². The molecule has 0 spiro atoms. The van der Waals surface area contributed by atoms with E-state index in [4.69, 9.17) is 11.6 Å². The first kappa shape index (κ1) is 13.9. The molecule has 1 aliphatic heterocycles. The van der Waals surface area contributed by atoms with Gasteiger partial charge in [0.05, 0.1) is 0 Å². The maximum Gasteiger partial charge on any atom is 0.231 e. The molecule has 6 heteroatoms. The Balaban J connectivity index is 1.83. The highest BCUT2D eigenvalue weighted by Crippen LogP contribution is 2.37. The van der Waals surface area contributed by atoms with E-state index in [0.29, 0.717) is 12.0 Å². The lowest BCUT2D eigenvalue weighted by atomic mass is 9.96. The Morgan fingerprint density at radius 2 is 1.95 bits per heavy atom. The number of rotatable bonds is 4. The SMILES string of the molecule is CCNc1nc(Cl)nc(N2CCCC2C2CCCC2)n1. The average Bonchev–Trinajstić information content (AvgIpc) is 3.09. The lowest BCUT2D eigenvalue weighted by Gasteiger charge is -2.29. The fourth-order valence-electron chi connectivity index (χ4n) is 3.58. The molecule has 5 nitrogen and oxygen atoms in total. The second-order valence-electron chi connectivity index (χ2n) is 5.71. The molecule has 1 atom stereocenters. The van der Waals surface area contributed by atoms with Gasteiger partial charge in [0, 0.05) is 19.1 Å². The Kier molecular flexibility index (Phi) is 4.24. The molecule has 1 aliphatic carbocycles. The molecule has 1 aromatic heterocycles. The van der Waals surface area contributed by atoms with Crippen molar-refractivity contribution in [2.45, 2.75) is 51.5 Å². The van der Waals surface area contributed by atoms with Crippen molar-refractivity contribution in [3.05, 3.63) is 5.28 Å². The third kappa shape index (κ3) is 2.82. The first-order valence-corrected chi connectivity index (χ1v) is 8.08. The zero-order valence-corrected chi connectivity index (χ0v) is 12.7. The van der Waals surface area contributed by atoms with Gasteiger partial charge < -0.3 is 10.2 Å². The van der Waals surface area contributed by atoms with Crippen molar-refractivity contribution in [2.24, 2.45) is 5.92 Å². The number of nitrogens with one attached hydrogen (secondary N) is 1. The molecule has 110 valence electrons. The second kappa shape index (κ2) is 6.12. The van der Waals surface area contributed by atoms with E-state index < -0.39 is 0 Å². The highest BCUT2D eigenvalue weighted by Gasteiger charge is 2.34. The average molecular weight is 296 g/mol. The minimum absolute atomic E-state index is 0.281. The quantitative estimate of drug-likeness (QED) is 0.925. The van der Waals surface area contributed by atoms with Crippen molar-refractivity contribution < 1.29 is 0 Å². The van der Waals surface area contributed by atoms with E-state index in [1.807, 2.05) is 6.92 Å². The summed E-state index contributed by atoms with van der Waals surface area (Å²) in [5.41, 5.74) is 0. The number of halogens is 1. The zero-order chi connectivity index (χ0) is 13.9. The van der Waals surface area contributed by atoms with Crippen LogP contribution in [0.25, 0.3) is 0 Å². The van der Waals surface area contributed by atoms with Crippen LogP contribution in [0, 0.1) is 5.92 Å². The van der Waals surface area contributed by atoms with Crippen LogP contribution in [0.15, 0.2) is 0 Å². The summed E-state index contributed by atoms with van der Waals surface area (Å²) in [6, 6.07) is 0.588. The fourth-order valence-corrected chi connectivity index (χ4v) is 3.73. The molecular weight excluding hydrogens is 274 g/mol. The molecular formula is C14H22ClN5. The molecule has 2 fully saturated rings. The topological polar surface area (TPSA) is 53.9 Å². The van der Waals surface area contributed by atoms with Crippen LogP contribution in [-0.2, 0) is 0 Å². The van der Waals surface area contributed by atoms with Crippen LogP contribution < -0.4 is 10.2 Å². The summed E-state index contributed by atoms with van der Waals surface area (Å²) in [7, 11) is 0. The minimum Gasteiger partial charge on any atom is -0.354 e. The summed E-state index contributed by atoms with van der Waals surface area (Å²) in [5, 5.41) is 3.40. The molecule has 0 aromatic carbocycles. The van der Waals surface area contributed by atoms with Gasteiger partial charge in [0.1, 0.15) is 0 Å². The molecule has 0 amide bonds. The molecule has 1 aromatic rings. The third-order valence-electron chi connectivity index (χ3n) is 4.43. The van der Waals surface area contributed by atoms with Crippen LogP contribution in [0.3, 0.4) is 0 Å². The molecule has 3 rings (SSSR count). The Morgan fingerprint density at radius 1 is 1.15 bits per heavy atom. The van der Waals surface area contributed by atoms with Gasteiger partial charge in [-0.15, -0.1) is 0 Å². The van der Waals surface area contributed by atoms with Gasteiger partial charge in [0.15, 0.2) is 0 Å². The van der Waals surface area contributed by atoms with Crippen LogP contribution in [0.4, 0.5) is 11.9 Å². The van der Waals surface area contributed by atoms with Crippen molar-refractivity contribution in [2.75, 3.05) is 23.3 Å². The lowest BCUT2D eigenvalue weighted by molar-refractivity contribution is 0.427. The van der Waals surface area contributed by atoms with Crippen molar-refractivity contribution in [3.8, 4) is 0 Å². The summed E-state index contributed by atoms with van der Waals surface area (Å²) < 4.78 is 0. The number of hydrogen-bond acceptors (Lipinski definition) is 5. The molecule has 1 saturated carbocycles. The van der Waals surface area contributed by atoms with E-state index in [0.717, 1.165) is 25.0 Å². The Bertz CT molecular complexity index is 461. The molecule has 0 radical (unpaired) electrons. The zero-order valence-electron chi connectivity index (χ0n) is 12.0. The molecule has 1 saturated heterocycles. The lowest BCUT2D eigenvalue weighted by Crippen LogP contribution is -2.36. The van der Waals surface area contributed by atoms with Crippen LogP contribution in [-0.4, -0.2) is 34.1 Å². The monoisotopic (exact) mass is 295 g/mol. The maximum absolute atomic E-state index is 6.04. The number of aromatic nitrogens is 3. The molecule has 20 heavy (non-hydrogen) atoms. The number of anilines is 2. The maximum atomic E-state index is 6.04. The van der Waals surface area contributed by atoms with Gasteiger partial charge in [-0.3, -0.25) is 0 Å². The Morgan fingerprint density at radius 3 is 2.70 bits per heavy atom. The molecule has 1 unspecified atom stereocenters. The van der Waals surface area contributed by atoms with E-state index >= 15 is 0 Å². The number of hydrogen-bond donors (Lipinski definition) is 1. The first-order valence-electron chi connectivity index (χ1n) is 7.70. The minimum atomic E-state index is 0.281. The number of nitrogens with zero attached hydrogens (tertiary/aromatic N) is 4. The highest BCUT2D eigenvalue weighted by molar-refractivity contribution is 6.28. The van der Waals surface area contributed by atoms with Gasteiger partial charge in [0.25, 0.3) is 0 Å². The summed E-state index contributed by atoms with van der Waals surface area (Å²) in [6.45, 7) is 3.84. The summed E-state index contributed by atoms with van der Waals surface area (Å²) in [4.78, 5) is 15.4. The van der Waals surface area contributed by atoms with Gasteiger partial charge in [0.2, 0.25) is 17.2 Å². The highest BCUT2D eigenvalue weighted by atomic mass is 35.5. The van der Waals surface area contributed by atoms with E-state index in [-0.39, 0.29) is 5.28 Å². The normalized spacial score (nSPS) is 23.5. The molecule has 2 heterocycles. The Labute approximate surface area is 125 Å². The predicted molar refractivity (Wildman–Crippen MR) is 81.3 cm³/mol. The van der Waals surface area contributed by atoms with Crippen LogP contribution in [0.1, 0.15) is 45.4 Å². The van der Waals surface area contributed by atoms with Crippen molar-refractivity contribution >= 4 is 23.5 Å². The molecule has 1 N–H and O–H groups in total. The smallest absolute Gasteiger partial charge is 0.231 e. The first-order chi connectivity index (χ1) is 9.78. The van der Waals surface area contributed by atoms with Gasteiger partial charge in [-0.2, -0.15) is 15.0 Å². The Hall–Kier alpha value is -1.10. The van der Waals surface area contributed by atoms with Gasteiger partial charge in [-0.25, -0.2) is 0 Å². The summed E-state index contributed by atoms with van der Waals surface area (Å²) in [6.07, 6.45) is 7.91. The van der Waals surface area contributed by atoms with Crippen molar-refractivity contribution in [1.29, 1.82) is 0 Å². The van der Waals surface area contributed by atoms with Crippen molar-refractivity contribution in [3.63, 3.8) is 0 Å².